The van der Waals surface area contributed by atoms with E-state index in [1.165, 1.54) is 32.1 Å². The van der Waals surface area contributed by atoms with E-state index in [2.05, 4.69) is 43.2 Å². The second-order valence-corrected chi connectivity index (χ2v) is 10.4. The first-order valence-corrected chi connectivity index (χ1v) is 12.5. The van der Waals surface area contributed by atoms with Gasteiger partial charge in [0.25, 0.3) is 0 Å². The fraction of sp³-hybridized carbons (Fsp3) is 0.600. The minimum Gasteiger partial charge on any atom is -0.494 e. The van der Waals surface area contributed by atoms with Crippen LogP contribution in [0.3, 0.4) is 0 Å². The topological polar surface area (TPSA) is 70.9 Å². The summed E-state index contributed by atoms with van der Waals surface area (Å²) in [5.41, 5.74) is 3.14. The van der Waals surface area contributed by atoms with Crippen molar-refractivity contribution in [3.8, 4) is 5.75 Å². The normalized spacial score (nSPS) is 20.1. The maximum atomic E-state index is 11.4. The zero-order valence-corrected chi connectivity index (χ0v) is 19.9. The number of unbranched alkanes of at least 4 members (excludes halogenated alkanes) is 5. The number of hydrogen-bond acceptors (Lipinski definition) is 5. The minimum absolute atomic E-state index is 0.0474. The van der Waals surface area contributed by atoms with Crippen LogP contribution in [-0.2, 0) is 4.79 Å². The number of ether oxygens (including phenoxy) is 1. The maximum Gasteiger partial charge on any atom is 0.329 e. The third-order valence-electron chi connectivity index (χ3n) is 5.74. The highest BCUT2D eigenvalue weighted by Gasteiger charge is 2.36. The zero-order chi connectivity index (χ0) is 22.3. The van der Waals surface area contributed by atoms with Gasteiger partial charge in [0.15, 0.2) is 6.04 Å². The molecule has 6 heteroatoms. The van der Waals surface area contributed by atoms with Crippen molar-refractivity contribution in [2.75, 3.05) is 17.7 Å². The molecule has 1 unspecified atom stereocenters. The highest BCUT2D eigenvalue weighted by Crippen LogP contribution is 2.43. The summed E-state index contributed by atoms with van der Waals surface area (Å²) in [6.07, 6.45) is 9.30. The maximum absolute atomic E-state index is 11.4. The summed E-state index contributed by atoms with van der Waals surface area (Å²) in [7, 11) is 0. The van der Waals surface area contributed by atoms with E-state index in [1.54, 1.807) is 11.8 Å². The van der Waals surface area contributed by atoms with Crippen LogP contribution in [-0.4, -0.2) is 35.2 Å². The number of thioether (sulfide) groups is 1. The summed E-state index contributed by atoms with van der Waals surface area (Å²) < 4.78 is 5.89. The van der Waals surface area contributed by atoms with E-state index in [0.717, 1.165) is 53.6 Å². The number of nitrogens with one attached hydrogen (secondary N) is 1. The molecule has 31 heavy (non-hydrogen) atoms. The Bertz CT molecular complexity index is 815. The molecule has 0 spiro atoms. The average molecular weight is 445 g/mol. The van der Waals surface area contributed by atoms with Crippen LogP contribution in [0.1, 0.15) is 72.1 Å². The molecule has 2 aliphatic rings. The Balaban J connectivity index is 1.58. The Labute approximate surface area is 190 Å². The summed E-state index contributed by atoms with van der Waals surface area (Å²) in [5, 5.41) is 12.9. The highest BCUT2D eigenvalue weighted by atomic mass is 32.2. The monoisotopic (exact) mass is 444 g/mol. The van der Waals surface area contributed by atoms with Crippen LogP contribution in [0.5, 0.6) is 5.75 Å². The molecule has 2 N–H and O–H groups in total. The van der Waals surface area contributed by atoms with Crippen LogP contribution in [0.4, 0.5) is 5.69 Å². The lowest BCUT2D eigenvalue weighted by Gasteiger charge is -2.36. The number of carboxylic acids is 1. The van der Waals surface area contributed by atoms with Gasteiger partial charge in [-0.3, -0.25) is 4.99 Å². The smallest absolute Gasteiger partial charge is 0.329 e. The number of carboxylic acid groups (broad SMARTS) is 1. The number of benzene rings is 1. The van der Waals surface area contributed by atoms with Crippen LogP contribution in [0.25, 0.3) is 0 Å². The van der Waals surface area contributed by atoms with Gasteiger partial charge in [-0.2, -0.15) is 0 Å². The van der Waals surface area contributed by atoms with E-state index in [-0.39, 0.29) is 5.41 Å². The molecule has 3 rings (SSSR count). The molecule has 0 saturated heterocycles. The van der Waals surface area contributed by atoms with Crippen molar-refractivity contribution in [2.24, 2.45) is 10.4 Å². The predicted octanol–water partition coefficient (Wildman–Crippen LogP) is 6.51. The number of carbonyl (C=O) groups is 1. The molecule has 1 aromatic carbocycles. The van der Waals surface area contributed by atoms with Crippen molar-refractivity contribution < 1.29 is 14.6 Å². The molecule has 0 radical (unpaired) electrons. The first-order valence-electron chi connectivity index (χ1n) is 11.5. The van der Waals surface area contributed by atoms with Gasteiger partial charge in [-0.25, -0.2) is 4.79 Å². The van der Waals surface area contributed by atoms with E-state index in [9.17, 15) is 9.90 Å². The van der Waals surface area contributed by atoms with E-state index in [1.807, 2.05) is 12.1 Å². The third-order valence-corrected chi connectivity index (χ3v) is 6.99. The molecule has 1 aliphatic carbocycles. The van der Waals surface area contributed by atoms with Gasteiger partial charge in [0.1, 0.15) is 5.75 Å². The second kappa shape index (κ2) is 11.1. The van der Waals surface area contributed by atoms with E-state index >= 15 is 0 Å². The minimum atomic E-state index is -0.839. The Hall–Kier alpha value is -1.95. The fourth-order valence-electron chi connectivity index (χ4n) is 4.10. The number of fused-ring (bicyclic) bond motifs is 1. The molecule has 1 atom stereocenters. The Morgan fingerprint density at radius 2 is 1.87 bits per heavy atom. The van der Waals surface area contributed by atoms with Crippen molar-refractivity contribution >= 4 is 29.1 Å². The second-order valence-electron chi connectivity index (χ2n) is 9.33. The number of rotatable bonds is 11. The molecular weight excluding hydrogens is 408 g/mol. The molecule has 0 aromatic heterocycles. The molecular formula is C25H36N2O3S. The molecule has 1 heterocycles. The molecule has 0 saturated carbocycles. The van der Waals surface area contributed by atoms with Crippen molar-refractivity contribution in [1.82, 2.24) is 0 Å². The molecule has 170 valence electrons. The Kier molecular flexibility index (Phi) is 8.47. The summed E-state index contributed by atoms with van der Waals surface area (Å²) >= 11 is 1.62. The van der Waals surface area contributed by atoms with Gasteiger partial charge in [0.2, 0.25) is 0 Å². The SMILES string of the molecule is CCCCCCCCOc1ccc(NC2=C3SCC(C(=O)O)N=C3CC(C)(C)C2)cc1. The lowest BCUT2D eigenvalue weighted by Crippen LogP contribution is -2.34. The Morgan fingerprint density at radius 3 is 2.58 bits per heavy atom. The quantitative estimate of drug-likeness (QED) is 0.381. The van der Waals surface area contributed by atoms with Gasteiger partial charge in [0, 0.05) is 22.0 Å². The third kappa shape index (κ3) is 7.03. The summed E-state index contributed by atoms with van der Waals surface area (Å²) in [5.74, 6) is 0.554. The Morgan fingerprint density at radius 1 is 1.16 bits per heavy atom. The van der Waals surface area contributed by atoms with Crippen molar-refractivity contribution in [2.45, 2.75) is 78.2 Å². The lowest BCUT2D eigenvalue weighted by molar-refractivity contribution is -0.137. The van der Waals surface area contributed by atoms with Gasteiger partial charge in [-0.1, -0.05) is 52.9 Å². The molecule has 0 bridgehead atoms. The van der Waals surface area contributed by atoms with E-state index in [4.69, 9.17) is 4.74 Å². The van der Waals surface area contributed by atoms with Crippen LogP contribution >= 0.6 is 11.8 Å². The first kappa shape index (κ1) is 23.7. The molecule has 0 amide bonds. The van der Waals surface area contributed by atoms with Crippen LogP contribution in [0.15, 0.2) is 39.9 Å². The van der Waals surface area contributed by atoms with E-state index < -0.39 is 12.0 Å². The van der Waals surface area contributed by atoms with Gasteiger partial charge < -0.3 is 15.2 Å². The number of hydrogen-bond donors (Lipinski definition) is 2. The van der Waals surface area contributed by atoms with Crippen molar-refractivity contribution in [3.05, 3.63) is 34.9 Å². The molecule has 5 nitrogen and oxygen atoms in total. The zero-order valence-electron chi connectivity index (χ0n) is 19.1. The van der Waals surface area contributed by atoms with Crippen LogP contribution < -0.4 is 10.1 Å². The first-order chi connectivity index (χ1) is 14.9. The number of aliphatic carboxylic acids is 1. The average Bonchev–Trinajstić information content (AvgIpc) is 2.73. The molecule has 1 aromatic rings. The number of allylic oxidation sites excluding steroid dienone is 2. The van der Waals surface area contributed by atoms with Crippen molar-refractivity contribution in [3.63, 3.8) is 0 Å². The van der Waals surface area contributed by atoms with Gasteiger partial charge in [0.05, 0.1) is 12.3 Å². The van der Waals surface area contributed by atoms with Gasteiger partial charge in [-0.05, 0) is 48.9 Å². The van der Waals surface area contributed by atoms with Crippen LogP contribution in [0.2, 0.25) is 0 Å². The fourth-order valence-corrected chi connectivity index (χ4v) is 5.23. The predicted molar refractivity (Wildman–Crippen MR) is 130 cm³/mol. The van der Waals surface area contributed by atoms with Gasteiger partial charge >= 0.3 is 5.97 Å². The lowest BCUT2D eigenvalue weighted by atomic mass is 9.78. The van der Waals surface area contributed by atoms with Crippen LogP contribution in [0, 0.1) is 5.41 Å². The summed E-state index contributed by atoms with van der Waals surface area (Å²) in [6, 6.07) is 7.50. The van der Waals surface area contributed by atoms with Gasteiger partial charge in [-0.15, -0.1) is 11.8 Å². The number of anilines is 1. The number of aliphatic imine (C=N–C) groups is 1. The highest BCUT2D eigenvalue weighted by molar-refractivity contribution is 8.04. The number of nitrogens with zero attached hydrogens (tertiary/aromatic N) is 1. The summed E-state index contributed by atoms with van der Waals surface area (Å²) in [4.78, 5) is 17.1. The summed E-state index contributed by atoms with van der Waals surface area (Å²) in [6.45, 7) is 7.43. The van der Waals surface area contributed by atoms with E-state index in [0.29, 0.717) is 5.75 Å². The van der Waals surface area contributed by atoms with Crippen molar-refractivity contribution in [1.29, 1.82) is 0 Å². The molecule has 0 fully saturated rings. The molecule has 1 aliphatic heterocycles. The standard InChI is InChI=1S/C25H36N2O3S/c1-4-5-6-7-8-9-14-30-19-12-10-18(11-13-19)26-20-15-25(2,3)16-21-23(20)31-17-22(27-21)24(28)29/h10-13,22,26H,4-9,14-17H2,1-3H3,(H,28,29). The largest absolute Gasteiger partial charge is 0.494 e.